The van der Waals surface area contributed by atoms with Crippen LogP contribution in [0.15, 0.2) is 40.2 Å². The number of carboxylic acid groups (broad SMARTS) is 1. The fourth-order valence-electron chi connectivity index (χ4n) is 6.58. The zero-order valence-corrected chi connectivity index (χ0v) is 22.2. The third-order valence-electron chi connectivity index (χ3n) is 8.70. The summed E-state index contributed by atoms with van der Waals surface area (Å²) in [4.78, 5) is 27.2. The summed E-state index contributed by atoms with van der Waals surface area (Å²) in [6.07, 6.45) is 8.20. The summed E-state index contributed by atoms with van der Waals surface area (Å²) < 4.78 is 30.2. The lowest BCUT2D eigenvalue weighted by Gasteiger charge is -2.32. The number of pyridine rings is 1. The average molecular weight is 540 g/mol. The van der Waals surface area contributed by atoms with E-state index < -0.39 is 21.9 Å². The van der Waals surface area contributed by atoms with Gasteiger partial charge in [-0.2, -0.15) is 9.40 Å². The number of aliphatic carboxylic acids is 1. The third-order valence-corrected chi connectivity index (χ3v) is 10.7. The Balaban J connectivity index is 1.29. The number of carboxylic acids is 1. The maximum absolute atomic E-state index is 13.3. The SMILES string of the molecule is C[C@H]1CCCC[C@@H]1n1nc(Nc2ccc3c(c2)CN(C2CCC(C(=O)O)CC2)S3(=O)=O)c2c(=O)[nH]ccc21. The van der Waals surface area contributed by atoms with E-state index in [1.807, 2.05) is 16.8 Å². The summed E-state index contributed by atoms with van der Waals surface area (Å²) in [5, 5.41) is 17.9. The number of nitrogens with zero attached hydrogens (tertiary/aromatic N) is 3. The minimum Gasteiger partial charge on any atom is -0.481 e. The molecule has 2 aliphatic carbocycles. The number of hydrogen-bond acceptors (Lipinski definition) is 6. The Bertz CT molecular complexity index is 1550. The molecule has 0 spiro atoms. The Morgan fingerprint density at radius 3 is 2.61 bits per heavy atom. The van der Waals surface area contributed by atoms with Gasteiger partial charge in [0, 0.05) is 24.5 Å². The molecule has 3 N–H and O–H groups in total. The zero-order chi connectivity index (χ0) is 26.6. The van der Waals surface area contributed by atoms with Gasteiger partial charge in [-0.15, -0.1) is 0 Å². The van der Waals surface area contributed by atoms with E-state index in [0.717, 1.165) is 24.8 Å². The Morgan fingerprint density at radius 1 is 1.11 bits per heavy atom. The number of anilines is 2. The van der Waals surface area contributed by atoms with Crippen molar-refractivity contribution in [2.75, 3.05) is 5.32 Å². The van der Waals surface area contributed by atoms with Crippen molar-refractivity contribution in [3.8, 4) is 0 Å². The predicted molar refractivity (Wildman–Crippen MR) is 143 cm³/mol. The van der Waals surface area contributed by atoms with Crippen LogP contribution >= 0.6 is 0 Å². The minimum atomic E-state index is -3.65. The van der Waals surface area contributed by atoms with Crippen LogP contribution in [0.1, 0.15) is 69.9 Å². The largest absolute Gasteiger partial charge is 0.481 e. The molecule has 1 aromatic carbocycles. The maximum atomic E-state index is 13.3. The highest BCUT2D eigenvalue weighted by Crippen LogP contribution is 2.40. The van der Waals surface area contributed by atoms with Crippen LogP contribution < -0.4 is 10.9 Å². The lowest BCUT2D eigenvalue weighted by atomic mass is 9.86. The summed E-state index contributed by atoms with van der Waals surface area (Å²) >= 11 is 0. The van der Waals surface area contributed by atoms with Gasteiger partial charge in [0.15, 0.2) is 5.82 Å². The Hall–Kier alpha value is -3.18. The van der Waals surface area contributed by atoms with Crippen LogP contribution in [0.2, 0.25) is 0 Å². The molecule has 0 bridgehead atoms. The lowest BCUT2D eigenvalue weighted by molar-refractivity contribution is -0.143. The fraction of sp³-hybridized carbons (Fsp3) is 0.519. The van der Waals surface area contributed by atoms with E-state index in [9.17, 15) is 23.1 Å². The number of benzene rings is 1. The molecule has 0 radical (unpaired) electrons. The zero-order valence-electron chi connectivity index (χ0n) is 21.4. The van der Waals surface area contributed by atoms with Crippen molar-refractivity contribution in [3.05, 3.63) is 46.4 Å². The molecule has 202 valence electrons. The van der Waals surface area contributed by atoms with Crippen molar-refractivity contribution in [2.45, 2.75) is 81.8 Å². The molecular formula is C27H33N5O5S. The van der Waals surface area contributed by atoms with E-state index >= 15 is 0 Å². The number of fused-ring (bicyclic) bond motifs is 2. The summed E-state index contributed by atoms with van der Waals surface area (Å²) in [7, 11) is -3.65. The van der Waals surface area contributed by atoms with Crippen LogP contribution in [0.4, 0.5) is 11.5 Å². The van der Waals surface area contributed by atoms with Crippen molar-refractivity contribution in [2.24, 2.45) is 11.8 Å². The van der Waals surface area contributed by atoms with Crippen LogP contribution in [0.5, 0.6) is 0 Å². The van der Waals surface area contributed by atoms with Crippen LogP contribution in [0, 0.1) is 11.8 Å². The van der Waals surface area contributed by atoms with Gasteiger partial charge in [-0.25, -0.2) is 8.42 Å². The van der Waals surface area contributed by atoms with Crippen molar-refractivity contribution >= 4 is 38.4 Å². The smallest absolute Gasteiger partial charge is 0.306 e. The molecule has 1 aliphatic heterocycles. The lowest BCUT2D eigenvalue weighted by Crippen LogP contribution is -2.39. The Labute approximate surface area is 221 Å². The normalized spacial score (nSPS) is 27.3. The Morgan fingerprint density at radius 2 is 1.87 bits per heavy atom. The molecule has 11 heteroatoms. The van der Waals surface area contributed by atoms with Gasteiger partial charge in [0.1, 0.15) is 5.39 Å². The quantitative estimate of drug-likeness (QED) is 0.438. The van der Waals surface area contributed by atoms with Crippen LogP contribution in [-0.2, 0) is 21.4 Å². The van der Waals surface area contributed by atoms with E-state index in [2.05, 4.69) is 17.2 Å². The van der Waals surface area contributed by atoms with Gasteiger partial charge in [-0.05, 0) is 74.3 Å². The molecule has 10 nitrogen and oxygen atoms in total. The molecule has 6 rings (SSSR count). The molecule has 0 saturated heterocycles. The van der Waals surface area contributed by atoms with Gasteiger partial charge >= 0.3 is 5.97 Å². The van der Waals surface area contributed by atoms with E-state index in [4.69, 9.17) is 5.10 Å². The van der Waals surface area contributed by atoms with Gasteiger partial charge in [0.2, 0.25) is 10.0 Å². The van der Waals surface area contributed by atoms with Crippen molar-refractivity contribution in [1.82, 2.24) is 19.1 Å². The highest BCUT2D eigenvalue weighted by molar-refractivity contribution is 7.89. The number of hydrogen-bond donors (Lipinski definition) is 3. The standard InChI is InChI=1S/C27H33N5O5S/c1-16-4-2-3-5-21(16)32-22-12-13-28-26(33)24(22)25(30-32)29-19-8-11-23-18(14-19)15-31(38(23,36)37)20-9-6-17(7-10-20)27(34)35/h8,11-14,16-17,20-21H,2-7,9-10,15H2,1H3,(H,28,33)(H,29,30)(H,34,35)/t16-,17?,20?,21-/m0/s1. The first kappa shape index (κ1) is 25.1. The topological polar surface area (TPSA) is 137 Å². The number of nitrogens with one attached hydrogen (secondary N) is 2. The molecule has 2 atom stereocenters. The van der Waals surface area contributed by atoms with E-state index in [-0.39, 0.29) is 29.1 Å². The highest BCUT2D eigenvalue weighted by atomic mass is 32.2. The summed E-state index contributed by atoms with van der Waals surface area (Å²) in [6, 6.07) is 7.06. The van der Waals surface area contributed by atoms with E-state index in [1.165, 1.54) is 10.7 Å². The second kappa shape index (κ2) is 9.53. The minimum absolute atomic E-state index is 0.199. The van der Waals surface area contributed by atoms with Crippen LogP contribution in [-0.4, -0.2) is 44.6 Å². The van der Waals surface area contributed by atoms with Crippen molar-refractivity contribution < 1.29 is 18.3 Å². The first-order valence-corrected chi connectivity index (χ1v) is 14.9. The van der Waals surface area contributed by atoms with Crippen molar-refractivity contribution in [1.29, 1.82) is 0 Å². The molecule has 2 saturated carbocycles. The molecule has 3 heterocycles. The molecule has 2 aromatic heterocycles. The van der Waals surface area contributed by atoms with E-state index in [0.29, 0.717) is 54.1 Å². The molecular weight excluding hydrogens is 506 g/mol. The fourth-order valence-corrected chi connectivity index (χ4v) is 8.44. The number of H-pyrrole nitrogens is 1. The number of sulfonamides is 1. The maximum Gasteiger partial charge on any atom is 0.306 e. The molecule has 3 aromatic rings. The number of aromatic amines is 1. The Kier molecular flexibility index (Phi) is 6.30. The summed E-state index contributed by atoms with van der Waals surface area (Å²) in [5.41, 5.74) is 1.93. The van der Waals surface area contributed by atoms with Gasteiger partial charge in [0.05, 0.1) is 22.4 Å². The van der Waals surface area contributed by atoms with E-state index in [1.54, 1.807) is 18.3 Å². The highest BCUT2D eigenvalue weighted by Gasteiger charge is 2.41. The number of rotatable bonds is 5. The first-order valence-electron chi connectivity index (χ1n) is 13.5. The number of aromatic nitrogens is 3. The molecule has 0 unspecified atom stereocenters. The second-order valence-electron chi connectivity index (χ2n) is 11.0. The van der Waals surface area contributed by atoms with Crippen molar-refractivity contribution in [3.63, 3.8) is 0 Å². The van der Waals surface area contributed by atoms with Gasteiger partial charge in [0.25, 0.3) is 5.56 Å². The number of carbonyl (C=O) groups is 1. The van der Waals surface area contributed by atoms with Gasteiger partial charge in [-0.1, -0.05) is 19.8 Å². The van der Waals surface area contributed by atoms with Crippen LogP contribution in [0.3, 0.4) is 0 Å². The average Bonchev–Trinajstić information content (AvgIpc) is 3.39. The second-order valence-corrected chi connectivity index (χ2v) is 12.9. The monoisotopic (exact) mass is 539 g/mol. The molecule has 2 fully saturated rings. The summed E-state index contributed by atoms with van der Waals surface area (Å²) in [5.74, 6) is -0.285. The van der Waals surface area contributed by atoms with Crippen LogP contribution in [0.25, 0.3) is 10.9 Å². The molecule has 3 aliphatic rings. The molecule has 0 amide bonds. The first-order chi connectivity index (χ1) is 18.2. The van der Waals surface area contributed by atoms with Gasteiger partial charge < -0.3 is 15.4 Å². The molecule has 38 heavy (non-hydrogen) atoms. The summed E-state index contributed by atoms with van der Waals surface area (Å²) in [6.45, 7) is 2.49. The van der Waals surface area contributed by atoms with Gasteiger partial charge in [-0.3, -0.25) is 14.3 Å². The third kappa shape index (κ3) is 4.21. The predicted octanol–water partition coefficient (Wildman–Crippen LogP) is 4.37.